The van der Waals surface area contributed by atoms with Gasteiger partial charge in [0.1, 0.15) is 0 Å². The quantitative estimate of drug-likeness (QED) is 0.136. The van der Waals surface area contributed by atoms with Gasteiger partial charge in [0.25, 0.3) is 0 Å². The van der Waals surface area contributed by atoms with Crippen LogP contribution >= 0.6 is 0 Å². The first kappa shape index (κ1) is 37.1. The summed E-state index contributed by atoms with van der Waals surface area (Å²) in [6.45, 7) is 0. The second-order valence-electron chi connectivity index (χ2n) is 15.6. The molecular weight excluding hydrogens is 767 g/mol. The fraction of sp³-hybridized carbons (Fsp3) is 0. The Hall–Kier alpha value is -8.90. The van der Waals surface area contributed by atoms with Gasteiger partial charge in [0.2, 0.25) is 0 Å². The largest absolute Gasteiger partial charge is 0.311 e. The normalized spacial score (nSPS) is 11.1. The summed E-state index contributed by atoms with van der Waals surface area (Å²) in [4.78, 5) is 4.44. The van der Waals surface area contributed by atoms with Gasteiger partial charge in [-0.25, -0.2) is 0 Å². The number of nitrogens with zero attached hydrogens (tertiary/aromatic N) is 5. The van der Waals surface area contributed by atoms with E-state index in [2.05, 4.69) is 166 Å². The summed E-state index contributed by atoms with van der Waals surface area (Å²) >= 11 is 0. The Morgan fingerprint density at radius 2 is 0.651 bits per heavy atom. The van der Waals surface area contributed by atoms with Gasteiger partial charge < -0.3 is 14.4 Å². The number of nitriles is 2. The molecule has 5 heteroatoms. The molecule has 0 unspecified atom stereocenters. The molecule has 0 spiro atoms. The van der Waals surface area contributed by atoms with E-state index >= 15 is 0 Å². The molecule has 5 nitrogen and oxygen atoms in total. The van der Waals surface area contributed by atoms with Gasteiger partial charge in [0, 0.05) is 50.6 Å². The first-order valence-corrected chi connectivity index (χ1v) is 21.0. The molecule has 1 aromatic heterocycles. The lowest BCUT2D eigenvalue weighted by Crippen LogP contribution is -2.09. The second-order valence-corrected chi connectivity index (χ2v) is 15.6. The Morgan fingerprint density at radius 1 is 0.317 bits per heavy atom. The van der Waals surface area contributed by atoms with Gasteiger partial charge in [-0.1, -0.05) is 103 Å². The molecular formula is C58H37N5. The van der Waals surface area contributed by atoms with Gasteiger partial charge in [-0.2, -0.15) is 10.5 Å². The van der Waals surface area contributed by atoms with Crippen LogP contribution < -0.4 is 9.80 Å². The Balaban J connectivity index is 1.03. The Bertz CT molecular complexity index is 3260. The standard InChI is InChI=1S/C58H37N5/c59-38-40-16-24-47(25-17-40)61(44-10-4-1-5-11-44)49-28-20-42(21-29-49)51-34-36-55-57-53(51)32-33-54-52(35-37-56(58(54)57)63(55)46-14-8-3-9-15-46)43-22-30-50(31-23-43)62(45-12-6-2-7-13-45)48-26-18-41(39-60)19-27-48/h1-37H. The van der Waals surface area contributed by atoms with Crippen LogP contribution in [-0.4, -0.2) is 4.57 Å². The van der Waals surface area contributed by atoms with Crippen LogP contribution in [0.2, 0.25) is 0 Å². The monoisotopic (exact) mass is 803 g/mol. The Labute approximate surface area is 365 Å². The number of benzene rings is 10. The van der Waals surface area contributed by atoms with Gasteiger partial charge in [-0.05, 0) is 154 Å². The van der Waals surface area contributed by atoms with Crippen molar-refractivity contribution >= 4 is 66.7 Å². The van der Waals surface area contributed by atoms with E-state index in [1.54, 1.807) is 0 Å². The van der Waals surface area contributed by atoms with E-state index in [0.29, 0.717) is 11.1 Å². The van der Waals surface area contributed by atoms with Crippen LogP contribution in [0.4, 0.5) is 34.1 Å². The van der Waals surface area contributed by atoms with Gasteiger partial charge in [-0.3, -0.25) is 0 Å². The summed E-state index contributed by atoms with van der Waals surface area (Å²) < 4.78 is 2.40. The number of para-hydroxylation sites is 3. The van der Waals surface area contributed by atoms with Gasteiger partial charge in [0.05, 0.1) is 34.3 Å². The summed E-state index contributed by atoms with van der Waals surface area (Å²) in [6.07, 6.45) is 0. The van der Waals surface area contributed by atoms with Crippen LogP contribution in [0.1, 0.15) is 11.1 Å². The van der Waals surface area contributed by atoms with Crippen LogP contribution in [0.25, 0.3) is 60.5 Å². The van der Waals surface area contributed by atoms with Crippen LogP contribution in [-0.2, 0) is 0 Å². The molecule has 11 rings (SSSR count). The second kappa shape index (κ2) is 15.6. The van der Waals surface area contributed by atoms with Crippen LogP contribution in [0.15, 0.2) is 224 Å². The molecule has 0 saturated carbocycles. The number of aromatic nitrogens is 1. The maximum atomic E-state index is 9.46. The molecule has 1 heterocycles. The molecule has 0 atom stereocenters. The van der Waals surface area contributed by atoms with E-state index in [1.165, 1.54) is 43.7 Å². The van der Waals surface area contributed by atoms with E-state index in [0.717, 1.165) is 50.9 Å². The highest BCUT2D eigenvalue weighted by molar-refractivity contribution is 6.28. The predicted molar refractivity (Wildman–Crippen MR) is 259 cm³/mol. The number of anilines is 6. The average molecular weight is 804 g/mol. The summed E-state index contributed by atoms with van der Waals surface area (Å²) in [5, 5.41) is 23.8. The number of rotatable bonds is 9. The van der Waals surface area contributed by atoms with Gasteiger partial charge in [0.15, 0.2) is 0 Å². The topological polar surface area (TPSA) is 59.0 Å². The third kappa shape index (κ3) is 6.50. The van der Waals surface area contributed by atoms with Crippen molar-refractivity contribution in [1.29, 1.82) is 10.5 Å². The van der Waals surface area contributed by atoms with Crippen molar-refractivity contribution in [2.75, 3.05) is 9.80 Å². The third-order valence-electron chi connectivity index (χ3n) is 12.0. The molecule has 0 bridgehead atoms. The molecule has 10 aromatic carbocycles. The summed E-state index contributed by atoms with van der Waals surface area (Å²) in [6, 6.07) is 82.6. The average Bonchev–Trinajstić information content (AvgIpc) is 3.70. The van der Waals surface area contributed by atoms with E-state index in [9.17, 15) is 10.5 Å². The third-order valence-corrected chi connectivity index (χ3v) is 12.0. The fourth-order valence-corrected chi connectivity index (χ4v) is 9.11. The zero-order valence-electron chi connectivity index (χ0n) is 34.1. The molecule has 0 aliphatic heterocycles. The van der Waals surface area contributed by atoms with Crippen LogP contribution in [0.3, 0.4) is 0 Å². The fourth-order valence-electron chi connectivity index (χ4n) is 9.11. The van der Waals surface area contributed by atoms with Gasteiger partial charge in [-0.15, -0.1) is 0 Å². The molecule has 0 amide bonds. The predicted octanol–water partition coefficient (Wildman–Crippen LogP) is 15.4. The summed E-state index contributed by atoms with van der Waals surface area (Å²) in [5.41, 5.74) is 15.5. The highest BCUT2D eigenvalue weighted by Gasteiger charge is 2.22. The minimum absolute atomic E-state index is 0.632. The molecule has 0 N–H and O–H groups in total. The molecule has 11 aromatic rings. The van der Waals surface area contributed by atoms with E-state index in [-0.39, 0.29) is 0 Å². The lowest BCUT2D eigenvalue weighted by molar-refractivity contribution is 1.18. The molecule has 0 aliphatic carbocycles. The van der Waals surface area contributed by atoms with Crippen LogP contribution in [0, 0.1) is 22.7 Å². The first-order valence-electron chi connectivity index (χ1n) is 21.0. The van der Waals surface area contributed by atoms with Crippen molar-refractivity contribution in [1.82, 2.24) is 4.57 Å². The molecule has 0 fully saturated rings. The molecule has 294 valence electrons. The van der Waals surface area contributed by atoms with E-state index < -0.39 is 0 Å². The number of hydrogen-bond acceptors (Lipinski definition) is 4. The molecule has 0 aliphatic rings. The molecule has 0 saturated heterocycles. The first-order chi connectivity index (χ1) is 31.2. The summed E-state index contributed by atoms with van der Waals surface area (Å²) in [5.74, 6) is 0. The minimum atomic E-state index is 0.632. The van der Waals surface area contributed by atoms with Crippen LogP contribution in [0.5, 0.6) is 0 Å². The molecule has 0 radical (unpaired) electrons. The van der Waals surface area contributed by atoms with Crippen molar-refractivity contribution in [3.05, 3.63) is 236 Å². The zero-order valence-corrected chi connectivity index (χ0v) is 34.1. The molecule has 63 heavy (non-hydrogen) atoms. The van der Waals surface area contributed by atoms with E-state index in [4.69, 9.17) is 0 Å². The maximum absolute atomic E-state index is 9.46. The van der Waals surface area contributed by atoms with Crippen molar-refractivity contribution < 1.29 is 0 Å². The summed E-state index contributed by atoms with van der Waals surface area (Å²) in [7, 11) is 0. The van der Waals surface area contributed by atoms with Crippen molar-refractivity contribution in [2.24, 2.45) is 0 Å². The van der Waals surface area contributed by atoms with Crippen molar-refractivity contribution in [3.8, 4) is 40.1 Å². The number of hydrogen-bond donors (Lipinski definition) is 0. The maximum Gasteiger partial charge on any atom is 0.0991 e. The smallest absolute Gasteiger partial charge is 0.0991 e. The van der Waals surface area contributed by atoms with Crippen molar-refractivity contribution in [2.45, 2.75) is 0 Å². The zero-order chi connectivity index (χ0) is 42.3. The Morgan fingerprint density at radius 3 is 1.02 bits per heavy atom. The lowest BCUT2D eigenvalue weighted by Gasteiger charge is -2.25. The van der Waals surface area contributed by atoms with Gasteiger partial charge >= 0.3 is 0 Å². The highest BCUT2D eigenvalue weighted by atomic mass is 15.1. The Kier molecular flexibility index (Phi) is 9.20. The highest BCUT2D eigenvalue weighted by Crippen LogP contribution is 2.46. The SMILES string of the molecule is N#Cc1ccc(N(c2ccccc2)c2ccc(-c3ccc4c5c3ccc3c(-c6ccc(N(c7ccccc7)c7ccc(C#N)cc7)cc6)ccc(c35)n4-c3ccccc3)cc2)cc1. The van der Waals surface area contributed by atoms with Crippen molar-refractivity contribution in [3.63, 3.8) is 0 Å². The van der Waals surface area contributed by atoms with E-state index in [1.807, 2.05) is 84.9 Å². The lowest BCUT2D eigenvalue weighted by atomic mass is 9.91. The minimum Gasteiger partial charge on any atom is -0.311 e.